The molecule has 0 aromatic heterocycles. The van der Waals surface area contributed by atoms with Crippen molar-refractivity contribution in [3.05, 3.63) is 23.8 Å². The standard InChI is InChI=1S/C17H27NO4/c1-4-21-15-9-7-14(13-16(15)22-5-2)8-10-17(19)18-11-6-12-20-3/h7,9,13H,4-6,8,10-12H2,1-3H3,(H,18,19). The van der Waals surface area contributed by atoms with E-state index in [9.17, 15) is 4.79 Å². The molecule has 0 unspecified atom stereocenters. The third-order valence-corrected chi connectivity index (χ3v) is 3.10. The number of benzene rings is 1. The van der Waals surface area contributed by atoms with Crippen LogP contribution in [0.25, 0.3) is 0 Å². The van der Waals surface area contributed by atoms with Crippen LogP contribution in [-0.2, 0) is 16.0 Å². The molecule has 0 saturated heterocycles. The van der Waals surface area contributed by atoms with Crippen LogP contribution in [0.3, 0.4) is 0 Å². The Morgan fingerprint density at radius 1 is 1.14 bits per heavy atom. The van der Waals surface area contributed by atoms with Gasteiger partial charge in [0.25, 0.3) is 0 Å². The third-order valence-electron chi connectivity index (χ3n) is 3.10. The predicted molar refractivity (Wildman–Crippen MR) is 86.6 cm³/mol. The molecule has 0 aliphatic rings. The van der Waals surface area contributed by atoms with Crippen molar-refractivity contribution in [3.63, 3.8) is 0 Å². The number of amides is 1. The van der Waals surface area contributed by atoms with Crippen molar-refractivity contribution in [1.29, 1.82) is 0 Å². The van der Waals surface area contributed by atoms with Crippen LogP contribution in [0.2, 0.25) is 0 Å². The monoisotopic (exact) mass is 309 g/mol. The first kappa shape index (κ1) is 18.3. The number of rotatable bonds is 11. The maximum atomic E-state index is 11.8. The Morgan fingerprint density at radius 2 is 1.86 bits per heavy atom. The number of carbonyl (C=O) groups is 1. The number of aryl methyl sites for hydroxylation is 1. The van der Waals surface area contributed by atoms with Crippen LogP contribution < -0.4 is 14.8 Å². The average molecular weight is 309 g/mol. The Balaban J connectivity index is 2.47. The summed E-state index contributed by atoms with van der Waals surface area (Å²) in [6.45, 7) is 6.39. The van der Waals surface area contributed by atoms with Gasteiger partial charge in [-0.2, -0.15) is 0 Å². The molecule has 0 bridgehead atoms. The molecular formula is C17H27NO4. The first-order chi connectivity index (χ1) is 10.7. The fourth-order valence-electron chi connectivity index (χ4n) is 2.04. The van der Waals surface area contributed by atoms with Gasteiger partial charge >= 0.3 is 0 Å². The highest BCUT2D eigenvalue weighted by Gasteiger charge is 2.08. The van der Waals surface area contributed by atoms with Gasteiger partial charge in [-0.25, -0.2) is 0 Å². The van der Waals surface area contributed by atoms with E-state index in [2.05, 4.69) is 5.32 Å². The van der Waals surface area contributed by atoms with Gasteiger partial charge in [0.05, 0.1) is 13.2 Å². The molecule has 0 radical (unpaired) electrons. The predicted octanol–water partition coefficient (Wildman–Crippen LogP) is 2.57. The second kappa shape index (κ2) is 10.9. The van der Waals surface area contributed by atoms with E-state index in [1.54, 1.807) is 7.11 Å². The highest BCUT2D eigenvalue weighted by molar-refractivity contribution is 5.76. The van der Waals surface area contributed by atoms with E-state index in [0.29, 0.717) is 39.2 Å². The lowest BCUT2D eigenvalue weighted by atomic mass is 10.1. The minimum Gasteiger partial charge on any atom is -0.490 e. The first-order valence-electron chi connectivity index (χ1n) is 7.85. The third kappa shape index (κ3) is 6.80. The molecule has 0 aliphatic carbocycles. The van der Waals surface area contributed by atoms with E-state index in [4.69, 9.17) is 14.2 Å². The summed E-state index contributed by atoms with van der Waals surface area (Å²) in [5, 5.41) is 2.88. The van der Waals surface area contributed by atoms with Crippen LogP contribution in [0.5, 0.6) is 11.5 Å². The molecule has 1 aromatic rings. The highest BCUT2D eigenvalue weighted by Crippen LogP contribution is 2.28. The molecule has 22 heavy (non-hydrogen) atoms. The second-order valence-electron chi connectivity index (χ2n) is 4.84. The van der Waals surface area contributed by atoms with Crippen molar-refractivity contribution in [2.45, 2.75) is 33.1 Å². The Bertz CT molecular complexity index is 448. The SMILES string of the molecule is CCOc1ccc(CCC(=O)NCCCOC)cc1OCC. The largest absolute Gasteiger partial charge is 0.490 e. The maximum Gasteiger partial charge on any atom is 0.220 e. The highest BCUT2D eigenvalue weighted by atomic mass is 16.5. The van der Waals surface area contributed by atoms with Gasteiger partial charge in [0.1, 0.15) is 0 Å². The molecule has 0 saturated carbocycles. The van der Waals surface area contributed by atoms with Crippen molar-refractivity contribution in [2.24, 2.45) is 0 Å². The van der Waals surface area contributed by atoms with Crippen molar-refractivity contribution >= 4 is 5.91 Å². The molecular weight excluding hydrogens is 282 g/mol. The minimum atomic E-state index is 0.0583. The van der Waals surface area contributed by atoms with E-state index in [1.807, 2.05) is 32.0 Å². The second-order valence-corrected chi connectivity index (χ2v) is 4.84. The van der Waals surface area contributed by atoms with Gasteiger partial charge in [-0.1, -0.05) is 6.07 Å². The summed E-state index contributed by atoms with van der Waals surface area (Å²) in [4.78, 5) is 11.8. The zero-order valence-corrected chi connectivity index (χ0v) is 13.8. The van der Waals surface area contributed by atoms with Crippen molar-refractivity contribution in [2.75, 3.05) is 33.5 Å². The molecule has 0 aliphatic heterocycles. The zero-order valence-electron chi connectivity index (χ0n) is 13.8. The maximum absolute atomic E-state index is 11.8. The summed E-state index contributed by atoms with van der Waals surface area (Å²) < 4.78 is 16.1. The van der Waals surface area contributed by atoms with E-state index in [1.165, 1.54) is 0 Å². The van der Waals surface area contributed by atoms with Crippen LogP contribution in [0.15, 0.2) is 18.2 Å². The molecule has 1 aromatic carbocycles. The Hall–Kier alpha value is -1.75. The Kier molecular flexibility index (Phi) is 9.07. The molecule has 5 heteroatoms. The summed E-state index contributed by atoms with van der Waals surface area (Å²) >= 11 is 0. The normalized spacial score (nSPS) is 10.3. The molecule has 1 rings (SSSR count). The molecule has 5 nitrogen and oxygen atoms in total. The van der Waals surface area contributed by atoms with Gasteiger partial charge in [0.15, 0.2) is 11.5 Å². The van der Waals surface area contributed by atoms with Crippen molar-refractivity contribution in [1.82, 2.24) is 5.32 Å². The molecule has 0 fully saturated rings. The summed E-state index contributed by atoms with van der Waals surface area (Å²) in [7, 11) is 1.66. The fourth-order valence-corrected chi connectivity index (χ4v) is 2.04. The van der Waals surface area contributed by atoms with Gasteiger partial charge in [-0.15, -0.1) is 0 Å². The Morgan fingerprint density at radius 3 is 2.55 bits per heavy atom. The number of carbonyl (C=O) groups excluding carboxylic acids is 1. The molecule has 0 spiro atoms. The van der Waals surface area contributed by atoms with Crippen molar-refractivity contribution in [3.8, 4) is 11.5 Å². The van der Waals surface area contributed by atoms with Gasteiger partial charge in [-0.3, -0.25) is 4.79 Å². The number of hydrogen-bond donors (Lipinski definition) is 1. The summed E-state index contributed by atoms with van der Waals surface area (Å²) in [6.07, 6.45) is 1.98. The molecule has 1 amide bonds. The summed E-state index contributed by atoms with van der Waals surface area (Å²) in [6, 6.07) is 5.83. The lowest BCUT2D eigenvalue weighted by Crippen LogP contribution is -2.25. The van der Waals surface area contributed by atoms with Gasteiger partial charge in [0.2, 0.25) is 5.91 Å². The van der Waals surface area contributed by atoms with Crippen LogP contribution in [-0.4, -0.2) is 39.4 Å². The number of hydrogen-bond acceptors (Lipinski definition) is 4. The molecule has 1 N–H and O–H groups in total. The van der Waals surface area contributed by atoms with Gasteiger partial charge < -0.3 is 19.5 Å². The topological polar surface area (TPSA) is 56.8 Å². The molecule has 124 valence electrons. The Labute approximate surface area is 132 Å². The smallest absolute Gasteiger partial charge is 0.220 e. The number of nitrogens with one attached hydrogen (secondary N) is 1. The first-order valence-corrected chi connectivity index (χ1v) is 7.85. The minimum absolute atomic E-state index is 0.0583. The van der Waals surface area contributed by atoms with Crippen LogP contribution in [0, 0.1) is 0 Å². The molecule has 0 atom stereocenters. The van der Waals surface area contributed by atoms with Crippen molar-refractivity contribution < 1.29 is 19.0 Å². The molecule has 0 heterocycles. The van der Waals surface area contributed by atoms with E-state index in [0.717, 1.165) is 23.5 Å². The van der Waals surface area contributed by atoms with Gasteiger partial charge in [-0.05, 0) is 44.4 Å². The lowest BCUT2D eigenvalue weighted by Gasteiger charge is -2.12. The van der Waals surface area contributed by atoms with E-state index < -0.39 is 0 Å². The number of ether oxygens (including phenoxy) is 3. The fraction of sp³-hybridized carbons (Fsp3) is 0.588. The van der Waals surface area contributed by atoms with Crippen LogP contribution in [0.1, 0.15) is 32.3 Å². The summed E-state index contributed by atoms with van der Waals surface area (Å²) in [5.74, 6) is 1.54. The van der Waals surface area contributed by atoms with Gasteiger partial charge in [0, 0.05) is 26.7 Å². The lowest BCUT2D eigenvalue weighted by molar-refractivity contribution is -0.121. The van der Waals surface area contributed by atoms with E-state index in [-0.39, 0.29) is 5.91 Å². The van der Waals surface area contributed by atoms with Crippen LogP contribution in [0.4, 0.5) is 0 Å². The van der Waals surface area contributed by atoms with Crippen LogP contribution >= 0.6 is 0 Å². The number of methoxy groups -OCH3 is 1. The average Bonchev–Trinajstić information content (AvgIpc) is 2.52. The summed E-state index contributed by atoms with van der Waals surface area (Å²) in [5.41, 5.74) is 1.07. The quantitative estimate of drug-likeness (QED) is 0.638. The zero-order chi connectivity index (χ0) is 16.2. The van der Waals surface area contributed by atoms with E-state index >= 15 is 0 Å².